The molecule has 1 aliphatic carbocycles. The zero-order valence-electron chi connectivity index (χ0n) is 15.2. The zero-order valence-corrected chi connectivity index (χ0v) is 16.0. The fourth-order valence-electron chi connectivity index (χ4n) is 3.99. The molecule has 1 saturated heterocycles. The highest BCUT2D eigenvalue weighted by Crippen LogP contribution is 2.26. The first-order valence-electron chi connectivity index (χ1n) is 9.44. The van der Waals surface area contributed by atoms with Gasteiger partial charge in [0.05, 0.1) is 0 Å². The summed E-state index contributed by atoms with van der Waals surface area (Å²) in [5.41, 5.74) is 3.63. The number of hydroxylamine groups is 1. The van der Waals surface area contributed by atoms with Gasteiger partial charge in [-0.2, -0.15) is 0 Å². The Kier molecular flexibility index (Phi) is 8.42. The molecule has 1 atom stereocenters. The van der Waals surface area contributed by atoms with Crippen LogP contribution in [-0.2, 0) is 4.79 Å². The van der Waals surface area contributed by atoms with Crippen LogP contribution < -0.4 is 10.8 Å². The first-order chi connectivity index (χ1) is 12.2. The first-order valence-corrected chi connectivity index (χ1v) is 9.44. The lowest BCUT2D eigenvalue weighted by atomic mass is 9.89. The molecule has 1 saturated carbocycles. The molecule has 1 heterocycles. The Bertz CT molecular complexity index is 585. The molecule has 0 spiro atoms. The van der Waals surface area contributed by atoms with Crippen LogP contribution in [0.3, 0.4) is 0 Å². The number of amides is 1. The topological polar surface area (TPSA) is 64.6 Å². The highest BCUT2D eigenvalue weighted by atomic mass is 35.5. The third-order valence-corrected chi connectivity index (χ3v) is 5.33. The summed E-state index contributed by atoms with van der Waals surface area (Å²) < 4.78 is 0. The number of likely N-dealkylation sites (tertiary alicyclic amines) is 1. The molecule has 1 aromatic rings. The van der Waals surface area contributed by atoms with Gasteiger partial charge in [0.2, 0.25) is 0 Å². The van der Waals surface area contributed by atoms with Crippen molar-refractivity contribution in [3.05, 3.63) is 35.9 Å². The SMILES string of the molecule is Cl.O=C(/C=C/c1ccc(N[C@@H]2CCN(CC3CCCCC3)C2)cc1)NO. The standard InChI is InChI=1S/C20H29N3O2.ClH/c24-20(22-25)11-8-16-6-9-18(10-7-16)21-19-12-13-23(15-19)14-17-4-2-1-3-5-17;/h6-11,17,19,21,25H,1-5,12-15H2,(H,22,24);1H/b11-8+;/t19-;/m1./s1. The molecule has 5 nitrogen and oxygen atoms in total. The third kappa shape index (κ3) is 6.31. The molecule has 0 radical (unpaired) electrons. The molecule has 1 aliphatic heterocycles. The van der Waals surface area contributed by atoms with Crippen molar-refractivity contribution in [3.63, 3.8) is 0 Å². The van der Waals surface area contributed by atoms with Gasteiger partial charge in [0.15, 0.2) is 0 Å². The van der Waals surface area contributed by atoms with Crippen LogP contribution in [0.1, 0.15) is 44.1 Å². The van der Waals surface area contributed by atoms with Gasteiger partial charge in [0, 0.05) is 37.4 Å². The quantitative estimate of drug-likeness (QED) is 0.400. The van der Waals surface area contributed by atoms with Crippen molar-refractivity contribution in [1.29, 1.82) is 0 Å². The normalized spacial score (nSPS) is 21.5. The van der Waals surface area contributed by atoms with Crippen molar-refractivity contribution in [1.82, 2.24) is 10.4 Å². The minimum Gasteiger partial charge on any atom is -0.381 e. The van der Waals surface area contributed by atoms with Crippen LogP contribution >= 0.6 is 12.4 Å². The number of carbonyl (C=O) groups is 1. The number of hydrogen-bond acceptors (Lipinski definition) is 4. The second kappa shape index (κ2) is 10.6. The number of halogens is 1. The summed E-state index contributed by atoms with van der Waals surface area (Å²) in [6.45, 7) is 3.61. The van der Waals surface area contributed by atoms with Gasteiger partial charge in [-0.3, -0.25) is 10.0 Å². The van der Waals surface area contributed by atoms with Gasteiger partial charge in [-0.1, -0.05) is 31.4 Å². The summed E-state index contributed by atoms with van der Waals surface area (Å²) in [4.78, 5) is 13.6. The Morgan fingerprint density at radius 3 is 2.58 bits per heavy atom. The van der Waals surface area contributed by atoms with Crippen molar-refractivity contribution in [3.8, 4) is 0 Å². The van der Waals surface area contributed by atoms with E-state index in [1.54, 1.807) is 11.6 Å². The number of rotatable bonds is 6. The Labute approximate surface area is 162 Å². The molecular formula is C20H30ClN3O2. The van der Waals surface area contributed by atoms with Gasteiger partial charge < -0.3 is 10.2 Å². The molecule has 3 rings (SSSR count). The van der Waals surface area contributed by atoms with E-state index in [2.05, 4.69) is 10.2 Å². The van der Waals surface area contributed by atoms with Crippen molar-refractivity contribution in [2.75, 3.05) is 25.0 Å². The van der Waals surface area contributed by atoms with Gasteiger partial charge >= 0.3 is 0 Å². The number of carbonyl (C=O) groups excluding carboxylic acids is 1. The molecule has 6 heteroatoms. The summed E-state index contributed by atoms with van der Waals surface area (Å²) in [7, 11) is 0. The van der Waals surface area contributed by atoms with E-state index >= 15 is 0 Å². The summed E-state index contributed by atoms with van der Waals surface area (Å²) in [5, 5.41) is 12.1. The third-order valence-electron chi connectivity index (χ3n) is 5.33. The lowest BCUT2D eigenvalue weighted by molar-refractivity contribution is -0.124. The van der Waals surface area contributed by atoms with E-state index < -0.39 is 5.91 Å². The molecule has 144 valence electrons. The lowest BCUT2D eigenvalue weighted by Gasteiger charge is -2.26. The Morgan fingerprint density at radius 1 is 1.15 bits per heavy atom. The van der Waals surface area contributed by atoms with E-state index in [1.807, 2.05) is 24.3 Å². The maximum absolute atomic E-state index is 11.0. The minimum absolute atomic E-state index is 0. The van der Waals surface area contributed by atoms with Crippen LogP contribution in [0.4, 0.5) is 5.69 Å². The molecule has 2 fully saturated rings. The van der Waals surface area contributed by atoms with Crippen LogP contribution in [0.5, 0.6) is 0 Å². The Hall–Kier alpha value is -1.56. The van der Waals surface area contributed by atoms with E-state index in [1.165, 1.54) is 57.7 Å². The smallest absolute Gasteiger partial charge is 0.267 e. The van der Waals surface area contributed by atoms with E-state index in [-0.39, 0.29) is 12.4 Å². The van der Waals surface area contributed by atoms with Crippen LogP contribution in [-0.4, -0.2) is 41.7 Å². The number of nitrogens with zero attached hydrogens (tertiary/aromatic N) is 1. The largest absolute Gasteiger partial charge is 0.381 e. The maximum atomic E-state index is 11.0. The fourth-order valence-corrected chi connectivity index (χ4v) is 3.99. The molecule has 2 aliphatic rings. The summed E-state index contributed by atoms with van der Waals surface area (Å²) in [6.07, 6.45) is 11.3. The van der Waals surface area contributed by atoms with Crippen molar-refractivity contribution >= 4 is 30.1 Å². The first kappa shape index (κ1) is 20.7. The number of nitrogens with one attached hydrogen (secondary N) is 2. The average Bonchev–Trinajstić information content (AvgIpc) is 3.08. The van der Waals surface area contributed by atoms with Crippen molar-refractivity contribution < 1.29 is 10.0 Å². The number of anilines is 1. The maximum Gasteiger partial charge on any atom is 0.267 e. The van der Waals surface area contributed by atoms with Gasteiger partial charge in [-0.25, -0.2) is 5.48 Å². The van der Waals surface area contributed by atoms with Gasteiger partial charge in [0.1, 0.15) is 0 Å². The molecule has 26 heavy (non-hydrogen) atoms. The lowest BCUT2D eigenvalue weighted by Crippen LogP contribution is -2.31. The van der Waals surface area contributed by atoms with E-state index in [9.17, 15) is 4.79 Å². The molecule has 0 aromatic heterocycles. The van der Waals surface area contributed by atoms with Crippen molar-refractivity contribution in [2.24, 2.45) is 5.92 Å². The monoisotopic (exact) mass is 379 g/mol. The number of hydrogen-bond donors (Lipinski definition) is 3. The molecule has 0 bridgehead atoms. The van der Waals surface area contributed by atoms with E-state index in [4.69, 9.17) is 5.21 Å². The minimum atomic E-state index is -0.522. The van der Waals surface area contributed by atoms with Gasteiger partial charge in [-0.05, 0) is 49.0 Å². The molecule has 0 unspecified atom stereocenters. The van der Waals surface area contributed by atoms with Crippen LogP contribution in [0.2, 0.25) is 0 Å². The number of benzene rings is 1. The van der Waals surface area contributed by atoms with Crippen LogP contribution in [0.25, 0.3) is 6.08 Å². The van der Waals surface area contributed by atoms with E-state index in [0.717, 1.165) is 23.7 Å². The predicted molar refractivity (Wildman–Crippen MR) is 108 cm³/mol. The van der Waals surface area contributed by atoms with Crippen LogP contribution in [0.15, 0.2) is 30.3 Å². The zero-order chi connectivity index (χ0) is 17.5. The summed E-state index contributed by atoms with van der Waals surface area (Å²) in [5.74, 6) is 0.390. The molecular weight excluding hydrogens is 350 g/mol. The highest BCUT2D eigenvalue weighted by molar-refractivity contribution is 5.90. The Balaban J connectivity index is 0.00000243. The van der Waals surface area contributed by atoms with Gasteiger partial charge in [-0.15, -0.1) is 12.4 Å². The molecule has 1 aromatic carbocycles. The fraction of sp³-hybridized carbons (Fsp3) is 0.550. The average molecular weight is 380 g/mol. The van der Waals surface area contributed by atoms with E-state index in [0.29, 0.717) is 6.04 Å². The van der Waals surface area contributed by atoms with Crippen molar-refractivity contribution in [2.45, 2.75) is 44.6 Å². The Morgan fingerprint density at radius 2 is 1.88 bits per heavy atom. The second-order valence-corrected chi connectivity index (χ2v) is 7.32. The summed E-state index contributed by atoms with van der Waals surface area (Å²) in [6, 6.07) is 8.54. The summed E-state index contributed by atoms with van der Waals surface area (Å²) >= 11 is 0. The molecule has 1 amide bonds. The predicted octanol–water partition coefficient (Wildman–Crippen LogP) is 3.69. The van der Waals surface area contributed by atoms with Crippen LogP contribution in [0, 0.1) is 5.92 Å². The van der Waals surface area contributed by atoms with Gasteiger partial charge in [0.25, 0.3) is 5.91 Å². The second-order valence-electron chi connectivity index (χ2n) is 7.32. The highest BCUT2D eigenvalue weighted by Gasteiger charge is 2.25. The molecule has 3 N–H and O–H groups in total.